The van der Waals surface area contributed by atoms with E-state index < -0.39 is 10.8 Å². The summed E-state index contributed by atoms with van der Waals surface area (Å²) in [6, 6.07) is 25.0. The smallest absolute Gasteiger partial charge is 0.272 e. The predicted molar refractivity (Wildman–Crippen MR) is 104 cm³/mol. The van der Waals surface area contributed by atoms with Crippen LogP contribution in [0.25, 0.3) is 0 Å². The Balaban J connectivity index is 1.83. The molecule has 0 fully saturated rings. The Morgan fingerprint density at radius 3 is 1.96 bits per heavy atom. The van der Waals surface area contributed by atoms with Crippen molar-refractivity contribution in [2.75, 3.05) is 0 Å². The first-order valence-electron chi connectivity index (χ1n) is 8.33. The molecule has 0 atom stereocenters. The second-order valence-electron chi connectivity index (χ2n) is 5.80. The molecule has 0 bridgehead atoms. The third-order valence-corrected chi connectivity index (χ3v) is 4.04. The van der Waals surface area contributed by atoms with Gasteiger partial charge in [0.1, 0.15) is 0 Å². The molecule has 1 amide bonds. The number of benzene rings is 3. The van der Waals surface area contributed by atoms with Crippen LogP contribution in [0.2, 0.25) is 0 Å². The van der Waals surface area contributed by atoms with E-state index in [0.29, 0.717) is 5.56 Å². The zero-order chi connectivity index (χ0) is 19.1. The molecule has 0 aliphatic heterocycles. The highest BCUT2D eigenvalue weighted by Gasteiger charge is 2.22. The lowest BCUT2D eigenvalue weighted by atomic mass is 9.91. The van der Waals surface area contributed by atoms with Crippen LogP contribution in [0, 0.1) is 10.1 Å². The summed E-state index contributed by atoms with van der Waals surface area (Å²) in [5.74, 6) is -0.849. The van der Waals surface area contributed by atoms with Gasteiger partial charge >= 0.3 is 0 Å². The Morgan fingerprint density at radius 2 is 1.41 bits per heavy atom. The Labute approximate surface area is 156 Å². The maximum atomic E-state index is 12.8. The van der Waals surface area contributed by atoms with Crippen molar-refractivity contribution in [1.29, 1.82) is 0 Å². The average Bonchev–Trinajstić information content (AvgIpc) is 2.70. The summed E-state index contributed by atoms with van der Waals surface area (Å²) in [5, 5.41) is 15.0. The normalized spacial score (nSPS) is 10.9. The number of nitro benzene ring substituents is 1. The van der Waals surface area contributed by atoms with E-state index in [0.717, 1.165) is 11.1 Å². The third kappa shape index (κ3) is 4.43. The van der Waals surface area contributed by atoms with Gasteiger partial charge in [-0.1, -0.05) is 72.8 Å². The molecule has 6 nitrogen and oxygen atoms in total. The number of hydrogen-bond donors (Lipinski definition) is 1. The molecule has 134 valence electrons. The summed E-state index contributed by atoms with van der Waals surface area (Å²) in [4.78, 5) is 23.4. The highest BCUT2D eigenvalue weighted by molar-refractivity contribution is 5.90. The van der Waals surface area contributed by atoms with Gasteiger partial charge in [0.15, 0.2) is 0 Å². The second-order valence-corrected chi connectivity index (χ2v) is 5.80. The summed E-state index contributed by atoms with van der Waals surface area (Å²) in [7, 11) is 0. The van der Waals surface area contributed by atoms with Gasteiger partial charge in [-0.2, -0.15) is 5.10 Å². The highest BCUT2D eigenvalue weighted by atomic mass is 16.6. The number of carbonyl (C=O) groups is 1. The van der Waals surface area contributed by atoms with Crippen molar-refractivity contribution < 1.29 is 9.72 Å². The van der Waals surface area contributed by atoms with E-state index in [4.69, 9.17) is 0 Å². The van der Waals surface area contributed by atoms with Crippen LogP contribution in [-0.2, 0) is 4.79 Å². The van der Waals surface area contributed by atoms with Crippen molar-refractivity contribution in [2.24, 2.45) is 5.10 Å². The van der Waals surface area contributed by atoms with Crippen LogP contribution in [0.5, 0.6) is 0 Å². The van der Waals surface area contributed by atoms with E-state index in [1.807, 2.05) is 60.7 Å². The standard InChI is InChI=1S/C21H17N3O3/c25-21(23-22-15-18-13-7-8-14-19(18)24(26)27)20(16-9-3-1-4-10-16)17-11-5-2-6-12-17/h1-15,20H,(H,23,25)/b22-15-. The first-order valence-corrected chi connectivity index (χ1v) is 8.33. The topological polar surface area (TPSA) is 84.6 Å². The van der Waals surface area contributed by atoms with E-state index in [1.165, 1.54) is 12.3 Å². The molecule has 0 spiro atoms. The summed E-state index contributed by atoms with van der Waals surface area (Å²) in [6.07, 6.45) is 1.28. The predicted octanol–water partition coefficient (Wildman–Crippen LogP) is 3.88. The van der Waals surface area contributed by atoms with Crippen LogP contribution in [0.15, 0.2) is 90.0 Å². The zero-order valence-electron chi connectivity index (χ0n) is 14.4. The van der Waals surface area contributed by atoms with E-state index in [2.05, 4.69) is 10.5 Å². The molecule has 0 aliphatic rings. The molecule has 0 unspecified atom stereocenters. The maximum Gasteiger partial charge on any atom is 0.278 e. The number of nitrogens with zero attached hydrogens (tertiary/aromatic N) is 2. The number of para-hydroxylation sites is 1. The van der Waals surface area contributed by atoms with Gasteiger partial charge < -0.3 is 0 Å². The number of nitro groups is 1. The van der Waals surface area contributed by atoms with Crippen molar-refractivity contribution in [1.82, 2.24) is 5.43 Å². The molecule has 27 heavy (non-hydrogen) atoms. The monoisotopic (exact) mass is 359 g/mol. The summed E-state index contributed by atoms with van der Waals surface area (Å²) >= 11 is 0. The summed E-state index contributed by atoms with van der Waals surface area (Å²) < 4.78 is 0. The fraction of sp³-hybridized carbons (Fsp3) is 0.0476. The molecule has 0 aromatic heterocycles. The molecule has 0 heterocycles. The Kier molecular flexibility index (Phi) is 5.69. The molecule has 0 radical (unpaired) electrons. The summed E-state index contributed by atoms with van der Waals surface area (Å²) in [5.41, 5.74) is 4.42. The van der Waals surface area contributed by atoms with Gasteiger partial charge in [-0.05, 0) is 17.2 Å². The van der Waals surface area contributed by atoms with Crippen molar-refractivity contribution in [3.8, 4) is 0 Å². The Hall–Kier alpha value is -3.80. The second kappa shape index (κ2) is 8.53. The van der Waals surface area contributed by atoms with E-state index in [-0.39, 0.29) is 11.6 Å². The minimum atomic E-state index is -0.532. The lowest BCUT2D eigenvalue weighted by Crippen LogP contribution is -2.26. The molecular weight excluding hydrogens is 342 g/mol. The highest BCUT2D eigenvalue weighted by Crippen LogP contribution is 2.24. The minimum absolute atomic E-state index is 0.0711. The van der Waals surface area contributed by atoms with E-state index in [1.54, 1.807) is 18.2 Å². The van der Waals surface area contributed by atoms with Crippen LogP contribution >= 0.6 is 0 Å². The fourth-order valence-electron chi connectivity index (χ4n) is 2.78. The van der Waals surface area contributed by atoms with Crippen LogP contribution < -0.4 is 5.43 Å². The Bertz CT molecular complexity index is 917. The number of amides is 1. The lowest BCUT2D eigenvalue weighted by Gasteiger charge is -2.16. The van der Waals surface area contributed by atoms with E-state index in [9.17, 15) is 14.9 Å². The first kappa shape index (κ1) is 18.0. The van der Waals surface area contributed by atoms with Gasteiger partial charge in [0.2, 0.25) is 0 Å². The maximum absolute atomic E-state index is 12.8. The van der Waals surface area contributed by atoms with Gasteiger partial charge in [0.25, 0.3) is 11.6 Å². The van der Waals surface area contributed by atoms with Crippen LogP contribution in [0.4, 0.5) is 5.69 Å². The first-order chi connectivity index (χ1) is 13.2. The number of hydrogen-bond acceptors (Lipinski definition) is 4. The quantitative estimate of drug-likeness (QED) is 0.412. The zero-order valence-corrected chi connectivity index (χ0v) is 14.4. The molecule has 0 saturated carbocycles. The molecule has 3 aromatic carbocycles. The van der Waals surface area contributed by atoms with Gasteiger partial charge in [0.05, 0.1) is 22.6 Å². The number of hydrazone groups is 1. The molecule has 3 rings (SSSR count). The van der Waals surface area contributed by atoms with Crippen LogP contribution in [0.1, 0.15) is 22.6 Å². The third-order valence-electron chi connectivity index (χ3n) is 4.04. The van der Waals surface area contributed by atoms with Crippen molar-refractivity contribution in [3.63, 3.8) is 0 Å². The average molecular weight is 359 g/mol. The molecule has 3 aromatic rings. The van der Waals surface area contributed by atoms with Gasteiger partial charge in [-0.15, -0.1) is 0 Å². The number of rotatable bonds is 6. The van der Waals surface area contributed by atoms with Crippen LogP contribution in [-0.4, -0.2) is 17.0 Å². The number of nitrogens with one attached hydrogen (secondary N) is 1. The SMILES string of the molecule is O=C(N/N=C\c1ccccc1[N+](=O)[O-])C(c1ccccc1)c1ccccc1. The largest absolute Gasteiger partial charge is 0.278 e. The lowest BCUT2D eigenvalue weighted by molar-refractivity contribution is -0.385. The van der Waals surface area contributed by atoms with Crippen molar-refractivity contribution in [2.45, 2.75) is 5.92 Å². The molecule has 0 saturated heterocycles. The van der Waals surface area contributed by atoms with Crippen molar-refractivity contribution >= 4 is 17.8 Å². The minimum Gasteiger partial charge on any atom is -0.272 e. The van der Waals surface area contributed by atoms with Crippen LogP contribution in [0.3, 0.4) is 0 Å². The van der Waals surface area contributed by atoms with E-state index >= 15 is 0 Å². The molecule has 0 aliphatic carbocycles. The molecule has 1 N–H and O–H groups in total. The Morgan fingerprint density at radius 1 is 0.889 bits per heavy atom. The fourth-order valence-corrected chi connectivity index (χ4v) is 2.78. The van der Waals surface area contributed by atoms with Gasteiger partial charge in [0, 0.05) is 6.07 Å². The number of carbonyl (C=O) groups excluding carboxylic acids is 1. The summed E-state index contributed by atoms with van der Waals surface area (Å²) in [6.45, 7) is 0. The van der Waals surface area contributed by atoms with Gasteiger partial charge in [-0.3, -0.25) is 14.9 Å². The van der Waals surface area contributed by atoms with Gasteiger partial charge in [-0.25, -0.2) is 5.43 Å². The molecular formula is C21H17N3O3. The molecule has 6 heteroatoms. The van der Waals surface area contributed by atoms with Crippen molar-refractivity contribution in [3.05, 3.63) is 112 Å².